The van der Waals surface area contributed by atoms with Gasteiger partial charge in [-0.15, -0.1) is 0 Å². The predicted molar refractivity (Wildman–Crippen MR) is 82.1 cm³/mol. The van der Waals surface area contributed by atoms with Crippen LogP contribution in [0.4, 0.5) is 0 Å². The minimum Gasteiger partial charge on any atom is -0.330 e. The molecule has 106 valence electrons. The van der Waals surface area contributed by atoms with Crippen molar-refractivity contribution in [3.05, 3.63) is 0 Å². The van der Waals surface area contributed by atoms with Crippen LogP contribution in [0.1, 0.15) is 19.3 Å². The Labute approximate surface area is 118 Å². The van der Waals surface area contributed by atoms with Gasteiger partial charge in [-0.1, -0.05) is 21.6 Å². The van der Waals surface area contributed by atoms with Crippen LogP contribution in [0.25, 0.3) is 0 Å². The second-order valence-electron chi connectivity index (χ2n) is 4.69. The molecule has 0 radical (unpaired) electrons. The predicted octanol–water partition coefficient (Wildman–Crippen LogP) is 0.970. The van der Waals surface area contributed by atoms with Gasteiger partial charge in [0.2, 0.25) is 0 Å². The summed E-state index contributed by atoms with van der Waals surface area (Å²) in [5.74, 6) is 2.29. The Bertz CT molecular complexity index is 235. The molecule has 1 aliphatic rings. The van der Waals surface area contributed by atoms with Gasteiger partial charge < -0.3 is 15.8 Å². The molecule has 0 spiro atoms. The zero-order valence-electron chi connectivity index (χ0n) is 11.2. The average Bonchev–Trinajstić information content (AvgIpc) is 2.66. The number of hydrogen-bond donors (Lipinski definition) is 2. The Balaban J connectivity index is 2.50. The zero-order valence-corrected chi connectivity index (χ0v) is 12.8. The van der Waals surface area contributed by atoms with Crippen LogP contribution in [0.3, 0.4) is 0 Å². The number of rotatable bonds is 8. The Morgan fingerprint density at radius 2 is 2.00 bits per heavy atom. The first-order valence-corrected chi connectivity index (χ1v) is 9.07. The van der Waals surface area contributed by atoms with Crippen molar-refractivity contribution in [2.24, 2.45) is 5.73 Å². The molecule has 1 heterocycles. The topological polar surface area (TPSA) is 58.4 Å². The zero-order chi connectivity index (χ0) is 13.3. The fourth-order valence-electron chi connectivity index (χ4n) is 2.14. The summed E-state index contributed by atoms with van der Waals surface area (Å²) in [7, 11) is 5.75. The summed E-state index contributed by atoms with van der Waals surface area (Å²) in [4.78, 5) is 13.9. The number of aldehydes is 1. The van der Waals surface area contributed by atoms with Gasteiger partial charge in [0.25, 0.3) is 0 Å². The Hall–Kier alpha value is 0.250. The second-order valence-corrected chi connectivity index (χ2v) is 7.39. The lowest BCUT2D eigenvalue weighted by Crippen LogP contribution is -2.54. The fourth-order valence-corrected chi connectivity index (χ4v) is 4.20. The third-order valence-electron chi connectivity index (χ3n) is 3.37. The van der Waals surface area contributed by atoms with Crippen molar-refractivity contribution in [1.29, 1.82) is 0 Å². The van der Waals surface area contributed by atoms with Crippen molar-refractivity contribution in [3.8, 4) is 0 Å². The fraction of sp³-hybridized carbons (Fsp3) is 0.917. The van der Waals surface area contributed by atoms with Crippen LogP contribution in [0.15, 0.2) is 0 Å². The third-order valence-corrected chi connectivity index (χ3v) is 5.74. The minimum atomic E-state index is -0.394. The molecule has 6 heteroatoms. The Morgan fingerprint density at radius 3 is 2.50 bits per heavy atom. The van der Waals surface area contributed by atoms with E-state index < -0.39 is 5.54 Å². The number of unbranched alkanes of at least 4 members (excludes halogenated alkanes) is 1. The molecule has 1 fully saturated rings. The highest BCUT2D eigenvalue weighted by Crippen LogP contribution is 2.25. The van der Waals surface area contributed by atoms with E-state index in [4.69, 9.17) is 5.73 Å². The number of hydrogen-bond acceptors (Lipinski definition) is 6. The van der Waals surface area contributed by atoms with Crippen molar-refractivity contribution in [2.75, 3.05) is 44.7 Å². The first kappa shape index (κ1) is 16.3. The van der Waals surface area contributed by atoms with E-state index in [1.165, 1.54) is 0 Å². The molecule has 0 aromatic carbocycles. The molecule has 1 atom stereocenters. The van der Waals surface area contributed by atoms with Gasteiger partial charge in [-0.2, -0.15) is 0 Å². The smallest absolute Gasteiger partial charge is 0.141 e. The van der Waals surface area contributed by atoms with Gasteiger partial charge in [-0.3, -0.25) is 4.90 Å². The van der Waals surface area contributed by atoms with E-state index in [0.717, 1.165) is 56.7 Å². The number of likely N-dealkylation sites (N-methyl/N-ethyl adjacent to an activating group) is 1. The molecule has 0 aromatic rings. The quantitative estimate of drug-likeness (QED) is 0.395. The minimum absolute atomic E-state index is 0.394. The molecule has 1 aliphatic heterocycles. The van der Waals surface area contributed by atoms with Crippen LogP contribution in [-0.2, 0) is 4.79 Å². The van der Waals surface area contributed by atoms with Gasteiger partial charge in [0.15, 0.2) is 0 Å². The summed E-state index contributed by atoms with van der Waals surface area (Å²) >= 11 is 0. The van der Waals surface area contributed by atoms with E-state index in [1.807, 2.05) is 28.6 Å². The number of nitrogens with two attached hydrogens (primary N) is 1. The second kappa shape index (κ2) is 9.20. The molecule has 0 aliphatic carbocycles. The van der Waals surface area contributed by atoms with E-state index in [1.54, 1.807) is 0 Å². The molecule has 4 nitrogen and oxygen atoms in total. The van der Waals surface area contributed by atoms with Gasteiger partial charge in [-0.05, 0) is 32.9 Å². The molecule has 18 heavy (non-hydrogen) atoms. The van der Waals surface area contributed by atoms with Crippen LogP contribution in [0.2, 0.25) is 0 Å². The summed E-state index contributed by atoms with van der Waals surface area (Å²) in [6.07, 6.45) is 3.96. The van der Waals surface area contributed by atoms with Gasteiger partial charge in [0, 0.05) is 31.1 Å². The van der Waals surface area contributed by atoms with E-state index in [9.17, 15) is 4.79 Å². The summed E-state index contributed by atoms with van der Waals surface area (Å²) in [5, 5.41) is 3.23. The maximum Gasteiger partial charge on any atom is 0.141 e. The summed E-state index contributed by atoms with van der Waals surface area (Å²) in [5.41, 5.74) is 5.13. The number of nitrogens with zero attached hydrogens (tertiary/aromatic N) is 1. The number of nitrogens with one attached hydrogen (secondary N) is 1. The molecule has 1 rings (SSSR count). The van der Waals surface area contributed by atoms with Crippen LogP contribution in [-0.4, -0.2) is 61.5 Å². The molecule has 0 saturated carbocycles. The van der Waals surface area contributed by atoms with Crippen molar-refractivity contribution >= 4 is 27.9 Å². The average molecular weight is 291 g/mol. The molecule has 3 N–H and O–H groups in total. The SMILES string of the molecule is CNC(C=O)(CCCCN)CN1CCSSCC1. The molecular weight excluding hydrogens is 266 g/mol. The van der Waals surface area contributed by atoms with E-state index >= 15 is 0 Å². The van der Waals surface area contributed by atoms with Gasteiger partial charge in [0.05, 0.1) is 5.54 Å². The summed E-state index contributed by atoms with van der Waals surface area (Å²) in [6.45, 7) is 3.67. The van der Waals surface area contributed by atoms with Crippen molar-refractivity contribution in [1.82, 2.24) is 10.2 Å². The Kier molecular flexibility index (Phi) is 8.33. The van der Waals surface area contributed by atoms with Gasteiger partial charge in [-0.25, -0.2) is 0 Å². The highest BCUT2D eigenvalue weighted by Gasteiger charge is 2.30. The maximum absolute atomic E-state index is 11.5. The lowest BCUT2D eigenvalue weighted by molar-refractivity contribution is -0.114. The van der Waals surface area contributed by atoms with Gasteiger partial charge in [0.1, 0.15) is 6.29 Å². The summed E-state index contributed by atoms with van der Waals surface area (Å²) < 4.78 is 0. The van der Waals surface area contributed by atoms with E-state index in [-0.39, 0.29) is 0 Å². The first-order chi connectivity index (χ1) is 8.76. The molecule has 1 unspecified atom stereocenters. The summed E-state index contributed by atoms with van der Waals surface area (Å²) in [6, 6.07) is 0. The maximum atomic E-state index is 11.5. The monoisotopic (exact) mass is 291 g/mol. The van der Waals surface area contributed by atoms with Crippen molar-refractivity contribution in [2.45, 2.75) is 24.8 Å². The Morgan fingerprint density at radius 1 is 1.33 bits per heavy atom. The highest BCUT2D eigenvalue weighted by atomic mass is 33.1. The largest absolute Gasteiger partial charge is 0.330 e. The van der Waals surface area contributed by atoms with Crippen LogP contribution in [0, 0.1) is 0 Å². The lowest BCUT2D eigenvalue weighted by Gasteiger charge is -2.33. The van der Waals surface area contributed by atoms with Crippen LogP contribution in [0.5, 0.6) is 0 Å². The van der Waals surface area contributed by atoms with Crippen LogP contribution < -0.4 is 11.1 Å². The van der Waals surface area contributed by atoms with E-state index in [2.05, 4.69) is 10.2 Å². The third kappa shape index (κ3) is 5.48. The molecule has 0 bridgehead atoms. The van der Waals surface area contributed by atoms with Crippen molar-refractivity contribution in [3.63, 3.8) is 0 Å². The molecular formula is C12H25N3OS2. The standard InChI is InChI=1S/C12H25N3OS2/c1-14-12(11-16,4-2-3-5-13)10-15-6-8-17-18-9-7-15/h11,14H,2-10,13H2,1H3. The molecule has 0 amide bonds. The number of carbonyl (C=O) groups excluding carboxylic acids is 1. The van der Waals surface area contributed by atoms with Gasteiger partial charge >= 0.3 is 0 Å². The molecule has 0 aromatic heterocycles. The normalized spacial score (nSPS) is 21.2. The van der Waals surface area contributed by atoms with E-state index in [0.29, 0.717) is 6.54 Å². The van der Waals surface area contributed by atoms with Crippen LogP contribution >= 0.6 is 21.6 Å². The highest BCUT2D eigenvalue weighted by molar-refractivity contribution is 8.76. The molecule has 1 saturated heterocycles. The lowest BCUT2D eigenvalue weighted by atomic mass is 9.93. The number of carbonyl (C=O) groups is 1. The van der Waals surface area contributed by atoms with Crippen molar-refractivity contribution < 1.29 is 4.79 Å². The first-order valence-electron chi connectivity index (χ1n) is 6.58.